The van der Waals surface area contributed by atoms with Crippen LogP contribution in [-0.4, -0.2) is 10.8 Å². The molecule has 0 atom stereocenters. The zero-order chi connectivity index (χ0) is 18.4. The van der Waals surface area contributed by atoms with Crippen LogP contribution in [0.25, 0.3) is 0 Å². The lowest BCUT2D eigenvalue weighted by Crippen LogP contribution is -2.26. The standard InChI is InChI=1S/C22H21N3S/c1-16-10-9-15-20(17(16)2)23-22(26)25-24-21(18-11-5-3-6-12-18)19-13-7-4-8-14-19/h3-15H,1-2H3,(H2,23,25,26). The van der Waals surface area contributed by atoms with Crippen molar-refractivity contribution in [2.24, 2.45) is 5.10 Å². The van der Waals surface area contributed by atoms with Gasteiger partial charge in [-0.25, -0.2) is 0 Å². The summed E-state index contributed by atoms with van der Waals surface area (Å²) in [6.45, 7) is 4.15. The summed E-state index contributed by atoms with van der Waals surface area (Å²) in [5.41, 5.74) is 9.26. The SMILES string of the molecule is Cc1cccc(NC(=S)NN=C(c2ccccc2)c2ccccc2)c1C. The van der Waals surface area contributed by atoms with Crippen molar-refractivity contribution in [1.29, 1.82) is 0 Å². The minimum absolute atomic E-state index is 0.461. The first-order valence-corrected chi connectivity index (χ1v) is 8.87. The predicted molar refractivity (Wildman–Crippen MR) is 114 cm³/mol. The Bertz CT molecular complexity index is 877. The molecule has 0 unspecified atom stereocenters. The minimum Gasteiger partial charge on any atom is -0.331 e. The maximum atomic E-state index is 5.43. The van der Waals surface area contributed by atoms with Gasteiger partial charge in [-0.3, -0.25) is 5.43 Å². The van der Waals surface area contributed by atoms with Crippen LogP contribution < -0.4 is 10.7 Å². The molecule has 0 heterocycles. The van der Waals surface area contributed by atoms with Crippen LogP contribution in [0.15, 0.2) is 84.0 Å². The Kier molecular flexibility index (Phi) is 5.77. The van der Waals surface area contributed by atoms with Crippen LogP contribution in [0.2, 0.25) is 0 Å². The van der Waals surface area contributed by atoms with E-state index in [2.05, 4.69) is 35.8 Å². The Morgan fingerprint density at radius 2 is 1.35 bits per heavy atom. The number of hydrogen-bond acceptors (Lipinski definition) is 2. The Hall–Kier alpha value is -2.98. The molecule has 0 aromatic heterocycles. The van der Waals surface area contributed by atoms with Crippen LogP contribution >= 0.6 is 12.2 Å². The van der Waals surface area contributed by atoms with Gasteiger partial charge in [0.05, 0.1) is 5.71 Å². The van der Waals surface area contributed by atoms with Crippen molar-refractivity contribution < 1.29 is 0 Å². The number of benzene rings is 3. The lowest BCUT2D eigenvalue weighted by Gasteiger charge is -2.13. The number of thiocarbonyl (C=S) groups is 1. The zero-order valence-corrected chi connectivity index (χ0v) is 15.7. The minimum atomic E-state index is 0.461. The molecule has 0 fully saturated rings. The molecule has 2 N–H and O–H groups in total. The molecule has 0 aliphatic rings. The quantitative estimate of drug-likeness (QED) is 0.389. The molecule has 130 valence electrons. The summed E-state index contributed by atoms with van der Waals surface area (Å²) in [7, 11) is 0. The summed E-state index contributed by atoms with van der Waals surface area (Å²) in [5, 5.41) is 8.26. The third-order valence-corrected chi connectivity index (χ3v) is 4.41. The largest absolute Gasteiger partial charge is 0.331 e. The first-order chi connectivity index (χ1) is 12.6. The smallest absolute Gasteiger partial charge is 0.191 e. The highest BCUT2D eigenvalue weighted by Crippen LogP contribution is 2.17. The molecule has 0 radical (unpaired) electrons. The lowest BCUT2D eigenvalue weighted by atomic mass is 10.0. The molecule has 26 heavy (non-hydrogen) atoms. The van der Waals surface area contributed by atoms with Gasteiger partial charge in [-0.05, 0) is 43.3 Å². The van der Waals surface area contributed by atoms with Gasteiger partial charge in [0.15, 0.2) is 5.11 Å². The molecule has 0 spiro atoms. The monoisotopic (exact) mass is 359 g/mol. The summed E-state index contributed by atoms with van der Waals surface area (Å²) < 4.78 is 0. The summed E-state index contributed by atoms with van der Waals surface area (Å²) >= 11 is 5.43. The molecule has 3 rings (SSSR count). The van der Waals surface area contributed by atoms with Gasteiger partial charge in [-0.15, -0.1) is 0 Å². The molecule has 0 saturated heterocycles. The van der Waals surface area contributed by atoms with Gasteiger partial charge in [0.1, 0.15) is 0 Å². The Balaban J connectivity index is 1.82. The molecular formula is C22H21N3S. The van der Waals surface area contributed by atoms with Crippen LogP contribution in [0.1, 0.15) is 22.3 Å². The van der Waals surface area contributed by atoms with Crippen LogP contribution in [0.4, 0.5) is 5.69 Å². The first-order valence-electron chi connectivity index (χ1n) is 8.47. The zero-order valence-electron chi connectivity index (χ0n) is 14.9. The number of hydrazone groups is 1. The van der Waals surface area contributed by atoms with Crippen molar-refractivity contribution in [2.45, 2.75) is 13.8 Å². The fourth-order valence-corrected chi connectivity index (χ4v) is 2.79. The highest BCUT2D eigenvalue weighted by Gasteiger charge is 2.07. The molecule has 0 aliphatic carbocycles. The third kappa shape index (κ3) is 4.35. The van der Waals surface area contributed by atoms with Gasteiger partial charge in [0, 0.05) is 16.8 Å². The van der Waals surface area contributed by atoms with E-state index in [9.17, 15) is 0 Å². The Morgan fingerprint density at radius 3 is 1.92 bits per heavy atom. The second-order valence-corrected chi connectivity index (χ2v) is 6.41. The molecule has 0 aliphatic heterocycles. The number of rotatable bonds is 4. The van der Waals surface area contributed by atoms with Gasteiger partial charge >= 0.3 is 0 Å². The second-order valence-electron chi connectivity index (χ2n) is 6.01. The van der Waals surface area contributed by atoms with Crippen LogP contribution in [0.3, 0.4) is 0 Å². The topological polar surface area (TPSA) is 36.4 Å². The van der Waals surface area contributed by atoms with Gasteiger partial charge in [-0.2, -0.15) is 5.10 Å². The summed E-state index contributed by atoms with van der Waals surface area (Å²) in [4.78, 5) is 0. The van der Waals surface area contributed by atoms with E-state index >= 15 is 0 Å². The van der Waals surface area contributed by atoms with Crippen molar-refractivity contribution in [1.82, 2.24) is 5.43 Å². The van der Waals surface area contributed by atoms with Gasteiger partial charge in [0.25, 0.3) is 0 Å². The van der Waals surface area contributed by atoms with E-state index in [-0.39, 0.29) is 0 Å². The van der Waals surface area contributed by atoms with Crippen molar-refractivity contribution >= 4 is 28.7 Å². The van der Waals surface area contributed by atoms with Crippen LogP contribution in [0, 0.1) is 13.8 Å². The fraction of sp³-hybridized carbons (Fsp3) is 0.0909. The van der Waals surface area contributed by atoms with E-state index < -0.39 is 0 Å². The maximum Gasteiger partial charge on any atom is 0.191 e. The number of nitrogens with zero attached hydrogens (tertiary/aromatic N) is 1. The number of nitrogens with one attached hydrogen (secondary N) is 2. The highest BCUT2D eigenvalue weighted by molar-refractivity contribution is 7.80. The first kappa shape index (κ1) is 17.8. The van der Waals surface area contributed by atoms with Crippen molar-refractivity contribution in [2.75, 3.05) is 5.32 Å². The molecule has 3 aromatic carbocycles. The normalized spacial score (nSPS) is 10.1. The number of aryl methyl sites for hydroxylation is 1. The molecule has 3 aromatic rings. The molecular weight excluding hydrogens is 338 g/mol. The Morgan fingerprint density at radius 1 is 0.769 bits per heavy atom. The van der Waals surface area contributed by atoms with Gasteiger partial charge in [-0.1, -0.05) is 72.8 Å². The van der Waals surface area contributed by atoms with Crippen molar-refractivity contribution in [3.05, 3.63) is 101 Å². The number of anilines is 1. The summed E-state index contributed by atoms with van der Waals surface area (Å²) in [6, 6.07) is 26.2. The second kappa shape index (κ2) is 8.41. The molecule has 3 nitrogen and oxygen atoms in total. The maximum absolute atomic E-state index is 5.43. The van der Waals surface area contributed by atoms with Gasteiger partial charge in [0.2, 0.25) is 0 Å². The van der Waals surface area contributed by atoms with E-state index in [1.807, 2.05) is 72.8 Å². The van der Waals surface area contributed by atoms with E-state index in [1.54, 1.807) is 0 Å². The van der Waals surface area contributed by atoms with Crippen LogP contribution in [-0.2, 0) is 0 Å². The number of hydrogen-bond donors (Lipinski definition) is 2. The van der Waals surface area contributed by atoms with E-state index in [4.69, 9.17) is 12.2 Å². The van der Waals surface area contributed by atoms with E-state index in [1.165, 1.54) is 11.1 Å². The highest BCUT2D eigenvalue weighted by atomic mass is 32.1. The van der Waals surface area contributed by atoms with E-state index in [0.717, 1.165) is 22.5 Å². The average Bonchev–Trinajstić information content (AvgIpc) is 2.67. The summed E-state index contributed by atoms with van der Waals surface area (Å²) in [5.74, 6) is 0. The van der Waals surface area contributed by atoms with Crippen LogP contribution in [0.5, 0.6) is 0 Å². The van der Waals surface area contributed by atoms with Crippen molar-refractivity contribution in [3.8, 4) is 0 Å². The lowest BCUT2D eigenvalue weighted by molar-refractivity contribution is 1.04. The van der Waals surface area contributed by atoms with Gasteiger partial charge < -0.3 is 5.32 Å². The fourth-order valence-electron chi connectivity index (χ4n) is 2.63. The molecule has 0 saturated carbocycles. The third-order valence-electron chi connectivity index (χ3n) is 4.22. The summed E-state index contributed by atoms with van der Waals surface area (Å²) in [6.07, 6.45) is 0. The Labute approximate surface area is 159 Å². The molecule has 0 amide bonds. The average molecular weight is 359 g/mol. The molecule has 4 heteroatoms. The van der Waals surface area contributed by atoms with E-state index in [0.29, 0.717) is 5.11 Å². The van der Waals surface area contributed by atoms with Crippen molar-refractivity contribution in [3.63, 3.8) is 0 Å². The predicted octanol–water partition coefficient (Wildman–Crippen LogP) is 5.04. The molecule has 0 bridgehead atoms.